The summed E-state index contributed by atoms with van der Waals surface area (Å²) >= 11 is 0. The molecule has 0 bridgehead atoms. The minimum Gasteiger partial charge on any atom is -0.497 e. The second kappa shape index (κ2) is 7.18. The zero-order chi connectivity index (χ0) is 15.2. The van der Waals surface area contributed by atoms with E-state index < -0.39 is 11.6 Å². The molecule has 1 unspecified atom stereocenters. The third kappa shape index (κ3) is 4.26. The van der Waals surface area contributed by atoms with E-state index in [2.05, 4.69) is 0 Å². The van der Waals surface area contributed by atoms with Crippen LogP contribution in [0.1, 0.15) is 11.1 Å². The van der Waals surface area contributed by atoms with Gasteiger partial charge in [-0.15, -0.1) is 0 Å². The summed E-state index contributed by atoms with van der Waals surface area (Å²) in [5, 5.41) is 9.47. The molecule has 0 radical (unpaired) electrons. The summed E-state index contributed by atoms with van der Waals surface area (Å²) in [6, 6.07) is 10.9. The SMILES string of the molecule is COc1ccc(CC(CO)Cc2cc(F)ccc2F)cc1. The maximum Gasteiger partial charge on any atom is 0.126 e. The number of halogens is 2. The molecule has 0 saturated heterocycles. The molecule has 0 aromatic heterocycles. The van der Waals surface area contributed by atoms with Crippen LogP contribution in [0.4, 0.5) is 8.78 Å². The van der Waals surface area contributed by atoms with Gasteiger partial charge in [0.2, 0.25) is 0 Å². The van der Waals surface area contributed by atoms with Gasteiger partial charge in [-0.1, -0.05) is 12.1 Å². The quantitative estimate of drug-likeness (QED) is 0.884. The number of benzene rings is 2. The average Bonchev–Trinajstić information content (AvgIpc) is 2.51. The van der Waals surface area contributed by atoms with E-state index in [1.54, 1.807) is 7.11 Å². The van der Waals surface area contributed by atoms with Crippen LogP contribution in [0.5, 0.6) is 5.75 Å². The first-order chi connectivity index (χ1) is 10.1. The van der Waals surface area contributed by atoms with Crippen molar-refractivity contribution in [3.05, 3.63) is 65.2 Å². The third-order valence-corrected chi connectivity index (χ3v) is 3.46. The molecule has 2 rings (SSSR count). The summed E-state index contributed by atoms with van der Waals surface area (Å²) in [4.78, 5) is 0. The molecule has 112 valence electrons. The summed E-state index contributed by atoms with van der Waals surface area (Å²) in [5.41, 5.74) is 1.31. The summed E-state index contributed by atoms with van der Waals surface area (Å²) in [5.74, 6) is -0.303. The highest BCUT2D eigenvalue weighted by Gasteiger charge is 2.13. The first-order valence-corrected chi connectivity index (χ1v) is 6.80. The lowest BCUT2D eigenvalue weighted by molar-refractivity contribution is 0.224. The molecule has 0 saturated carbocycles. The molecule has 4 heteroatoms. The number of hydrogen-bond donors (Lipinski definition) is 1. The van der Waals surface area contributed by atoms with Gasteiger partial charge in [0, 0.05) is 6.61 Å². The number of methoxy groups -OCH3 is 1. The van der Waals surface area contributed by atoms with Crippen molar-refractivity contribution in [2.24, 2.45) is 5.92 Å². The Morgan fingerprint density at radius 2 is 1.76 bits per heavy atom. The van der Waals surface area contributed by atoms with Crippen LogP contribution in [-0.4, -0.2) is 18.8 Å². The Morgan fingerprint density at radius 1 is 1.05 bits per heavy atom. The lowest BCUT2D eigenvalue weighted by Crippen LogP contribution is -2.14. The zero-order valence-corrected chi connectivity index (χ0v) is 11.9. The molecule has 21 heavy (non-hydrogen) atoms. The first kappa shape index (κ1) is 15.4. The highest BCUT2D eigenvalue weighted by atomic mass is 19.1. The summed E-state index contributed by atoms with van der Waals surface area (Å²) in [7, 11) is 1.60. The number of aliphatic hydroxyl groups excluding tert-OH is 1. The lowest BCUT2D eigenvalue weighted by atomic mass is 9.93. The molecule has 0 aliphatic carbocycles. The fourth-order valence-electron chi connectivity index (χ4n) is 2.31. The van der Waals surface area contributed by atoms with E-state index in [4.69, 9.17) is 4.74 Å². The van der Waals surface area contributed by atoms with Gasteiger partial charge in [-0.3, -0.25) is 0 Å². The smallest absolute Gasteiger partial charge is 0.126 e. The fraction of sp³-hybridized carbons (Fsp3) is 0.294. The molecule has 1 atom stereocenters. The van der Waals surface area contributed by atoms with Crippen molar-refractivity contribution in [3.63, 3.8) is 0 Å². The van der Waals surface area contributed by atoms with Crippen molar-refractivity contribution in [2.45, 2.75) is 12.8 Å². The van der Waals surface area contributed by atoms with E-state index in [1.165, 1.54) is 6.07 Å². The van der Waals surface area contributed by atoms with E-state index >= 15 is 0 Å². The van der Waals surface area contributed by atoms with E-state index in [9.17, 15) is 13.9 Å². The Bertz CT molecular complexity index is 582. The standard InChI is InChI=1S/C17H18F2O2/c1-21-16-5-2-12(3-6-16)8-13(11-20)9-14-10-15(18)4-7-17(14)19/h2-7,10,13,20H,8-9,11H2,1H3. The second-order valence-electron chi connectivity index (χ2n) is 5.04. The number of hydrogen-bond acceptors (Lipinski definition) is 2. The Morgan fingerprint density at radius 3 is 2.38 bits per heavy atom. The molecule has 2 aromatic carbocycles. The summed E-state index contributed by atoms with van der Waals surface area (Å²) < 4.78 is 31.9. The molecular weight excluding hydrogens is 274 g/mol. The molecule has 0 aliphatic heterocycles. The Kier molecular flexibility index (Phi) is 5.28. The predicted molar refractivity (Wildman–Crippen MR) is 77.3 cm³/mol. The normalized spacial score (nSPS) is 12.2. The van der Waals surface area contributed by atoms with Crippen LogP contribution in [0, 0.1) is 17.6 Å². The fourth-order valence-corrected chi connectivity index (χ4v) is 2.31. The minimum absolute atomic E-state index is 0.0814. The predicted octanol–water partition coefficient (Wildman–Crippen LogP) is 3.37. The van der Waals surface area contributed by atoms with Crippen LogP contribution in [0.2, 0.25) is 0 Å². The first-order valence-electron chi connectivity index (χ1n) is 6.80. The van der Waals surface area contributed by atoms with Gasteiger partial charge in [-0.05, 0) is 60.2 Å². The minimum atomic E-state index is -0.465. The molecule has 2 nitrogen and oxygen atoms in total. The zero-order valence-electron chi connectivity index (χ0n) is 11.9. The molecule has 0 amide bonds. The second-order valence-corrected chi connectivity index (χ2v) is 5.04. The van der Waals surface area contributed by atoms with Gasteiger partial charge in [0.25, 0.3) is 0 Å². The lowest BCUT2D eigenvalue weighted by Gasteiger charge is -2.15. The number of ether oxygens (including phenoxy) is 1. The Hall–Kier alpha value is -1.94. The van der Waals surface area contributed by atoms with Crippen molar-refractivity contribution in [2.75, 3.05) is 13.7 Å². The van der Waals surface area contributed by atoms with E-state index in [0.29, 0.717) is 18.4 Å². The van der Waals surface area contributed by atoms with Gasteiger partial charge in [-0.25, -0.2) is 8.78 Å². The highest BCUT2D eigenvalue weighted by Crippen LogP contribution is 2.19. The molecule has 0 aliphatic rings. The van der Waals surface area contributed by atoms with E-state index in [1.807, 2.05) is 24.3 Å². The topological polar surface area (TPSA) is 29.5 Å². The van der Waals surface area contributed by atoms with Gasteiger partial charge in [-0.2, -0.15) is 0 Å². The van der Waals surface area contributed by atoms with Crippen LogP contribution in [0.15, 0.2) is 42.5 Å². The molecule has 0 spiro atoms. The van der Waals surface area contributed by atoms with Crippen molar-refractivity contribution in [3.8, 4) is 5.75 Å². The van der Waals surface area contributed by atoms with Crippen LogP contribution in [0.3, 0.4) is 0 Å². The van der Waals surface area contributed by atoms with E-state index in [-0.39, 0.29) is 12.5 Å². The molecular formula is C17H18F2O2. The van der Waals surface area contributed by atoms with Crippen molar-refractivity contribution in [1.82, 2.24) is 0 Å². The average molecular weight is 292 g/mol. The van der Waals surface area contributed by atoms with E-state index in [0.717, 1.165) is 23.4 Å². The van der Waals surface area contributed by atoms with Crippen molar-refractivity contribution < 1.29 is 18.6 Å². The number of aliphatic hydroxyl groups is 1. The van der Waals surface area contributed by atoms with Gasteiger partial charge in [0.15, 0.2) is 0 Å². The third-order valence-electron chi connectivity index (χ3n) is 3.46. The molecule has 1 N–H and O–H groups in total. The molecule has 0 fully saturated rings. The van der Waals surface area contributed by atoms with Gasteiger partial charge >= 0.3 is 0 Å². The largest absolute Gasteiger partial charge is 0.497 e. The number of rotatable bonds is 6. The van der Waals surface area contributed by atoms with Gasteiger partial charge in [0.1, 0.15) is 17.4 Å². The maximum atomic E-state index is 13.6. The molecule has 2 aromatic rings. The Labute approximate surface area is 123 Å². The summed E-state index contributed by atoms with van der Waals surface area (Å²) in [6.45, 7) is -0.0814. The monoisotopic (exact) mass is 292 g/mol. The van der Waals surface area contributed by atoms with Gasteiger partial charge < -0.3 is 9.84 Å². The van der Waals surface area contributed by atoms with Crippen LogP contribution < -0.4 is 4.74 Å². The van der Waals surface area contributed by atoms with Crippen molar-refractivity contribution in [1.29, 1.82) is 0 Å². The summed E-state index contributed by atoms with van der Waals surface area (Å²) in [6.07, 6.45) is 0.891. The Balaban J connectivity index is 2.07. The van der Waals surface area contributed by atoms with Gasteiger partial charge in [0.05, 0.1) is 7.11 Å². The van der Waals surface area contributed by atoms with Crippen molar-refractivity contribution >= 4 is 0 Å². The highest BCUT2D eigenvalue weighted by molar-refractivity contribution is 5.28. The van der Waals surface area contributed by atoms with Crippen LogP contribution in [0.25, 0.3) is 0 Å². The van der Waals surface area contributed by atoms with Crippen LogP contribution >= 0.6 is 0 Å². The molecule has 0 heterocycles. The van der Waals surface area contributed by atoms with Crippen LogP contribution in [-0.2, 0) is 12.8 Å². The maximum absolute atomic E-state index is 13.6.